The molecule has 0 saturated carbocycles. The first-order valence-electron chi connectivity index (χ1n) is 9.71. The first-order valence-corrected chi connectivity index (χ1v) is 10.5. The zero-order valence-electron chi connectivity index (χ0n) is 17.2. The van der Waals surface area contributed by atoms with E-state index in [9.17, 15) is 9.59 Å². The number of halogens is 2. The Morgan fingerprint density at radius 1 is 1.21 bits per heavy atom. The van der Waals surface area contributed by atoms with Crippen LogP contribution in [-0.4, -0.2) is 68.6 Å². The molecule has 6 nitrogen and oxygen atoms in total. The number of hydrogen-bond acceptors (Lipinski definition) is 2. The molecule has 0 aliphatic carbocycles. The van der Waals surface area contributed by atoms with Gasteiger partial charge in [-0.05, 0) is 32.9 Å². The van der Waals surface area contributed by atoms with E-state index < -0.39 is 0 Å². The lowest BCUT2D eigenvalue weighted by molar-refractivity contribution is -0.897. The van der Waals surface area contributed by atoms with E-state index in [4.69, 9.17) is 23.2 Å². The molecule has 0 radical (unpaired) electrons. The van der Waals surface area contributed by atoms with Gasteiger partial charge in [-0.1, -0.05) is 29.3 Å². The van der Waals surface area contributed by atoms with Crippen molar-refractivity contribution < 1.29 is 19.4 Å². The SMILES string of the molecule is C[NH+](CC(=O)N1CC[NH+](CC(=O)NC(C)(C)C)CC1)Cc1ccc(Cl)cc1Cl. The number of quaternary nitrogens is 2. The monoisotopic (exact) mass is 430 g/mol. The summed E-state index contributed by atoms with van der Waals surface area (Å²) in [6.07, 6.45) is 0. The molecule has 1 saturated heterocycles. The van der Waals surface area contributed by atoms with E-state index in [2.05, 4.69) is 5.32 Å². The summed E-state index contributed by atoms with van der Waals surface area (Å²) in [7, 11) is 1.99. The van der Waals surface area contributed by atoms with Crippen LogP contribution in [0.3, 0.4) is 0 Å². The van der Waals surface area contributed by atoms with Gasteiger partial charge in [-0.3, -0.25) is 9.59 Å². The van der Waals surface area contributed by atoms with E-state index in [0.717, 1.165) is 23.6 Å². The summed E-state index contributed by atoms with van der Waals surface area (Å²) < 4.78 is 0. The third kappa shape index (κ3) is 7.59. The highest BCUT2D eigenvalue weighted by molar-refractivity contribution is 6.35. The molecule has 0 bridgehead atoms. The van der Waals surface area contributed by atoms with Gasteiger partial charge in [-0.25, -0.2) is 0 Å². The molecular weight excluding hydrogens is 399 g/mol. The number of rotatable bonds is 6. The van der Waals surface area contributed by atoms with E-state index in [1.165, 1.54) is 4.90 Å². The maximum atomic E-state index is 12.6. The molecule has 156 valence electrons. The van der Waals surface area contributed by atoms with Gasteiger partial charge in [0.25, 0.3) is 11.8 Å². The number of nitrogens with zero attached hydrogens (tertiary/aromatic N) is 1. The quantitative estimate of drug-likeness (QED) is 0.577. The van der Waals surface area contributed by atoms with Crippen molar-refractivity contribution in [2.24, 2.45) is 0 Å². The Hall–Kier alpha value is -1.34. The van der Waals surface area contributed by atoms with E-state index >= 15 is 0 Å². The van der Waals surface area contributed by atoms with E-state index in [-0.39, 0.29) is 17.4 Å². The van der Waals surface area contributed by atoms with Gasteiger partial charge in [-0.15, -0.1) is 0 Å². The lowest BCUT2D eigenvalue weighted by atomic mass is 10.1. The Balaban J connectivity index is 1.76. The number of likely N-dealkylation sites (N-methyl/N-ethyl adjacent to an activating group) is 1. The zero-order valence-corrected chi connectivity index (χ0v) is 18.7. The summed E-state index contributed by atoms with van der Waals surface area (Å²) in [5, 5.41) is 4.23. The van der Waals surface area contributed by atoms with Crippen LogP contribution in [0, 0.1) is 0 Å². The van der Waals surface area contributed by atoms with Crippen LogP contribution in [0.2, 0.25) is 10.0 Å². The number of hydrogen-bond donors (Lipinski definition) is 3. The third-order valence-corrected chi connectivity index (χ3v) is 5.30. The van der Waals surface area contributed by atoms with Crippen LogP contribution < -0.4 is 15.1 Å². The minimum atomic E-state index is -0.214. The van der Waals surface area contributed by atoms with Gasteiger partial charge >= 0.3 is 0 Å². The Kier molecular flexibility index (Phi) is 8.13. The van der Waals surface area contributed by atoms with Crippen molar-refractivity contribution in [3.05, 3.63) is 33.8 Å². The average molecular weight is 431 g/mol. The highest BCUT2D eigenvalue weighted by Crippen LogP contribution is 2.20. The molecule has 1 heterocycles. The second kappa shape index (κ2) is 9.92. The van der Waals surface area contributed by atoms with Gasteiger partial charge in [0.15, 0.2) is 13.1 Å². The molecule has 0 spiro atoms. The second-order valence-electron chi connectivity index (χ2n) is 8.65. The normalized spacial score (nSPS) is 16.7. The summed E-state index contributed by atoms with van der Waals surface area (Å²) in [4.78, 5) is 28.9. The molecule has 2 amide bonds. The molecule has 2 rings (SSSR count). The van der Waals surface area contributed by atoms with Crippen LogP contribution in [0.1, 0.15) is 26.3 Å². The van der Waals surface area contributed by atoms with Crippen molar-refractivity contribution in [2.75, 3.05) is 46.3 Å². The van der Waals surface area contributed by atoms with Crippen LogP contribution in [0.15, 0.2) is 18.2 Å². The maximum Gasteiger partial charge on any atom is 0.278 e. The number of amides is 2. The van der Waals surface area contributed by atoms with E-state index in [1.807, 2.05) is 44.9 Å². The fraction of sp³-hybridized carbons (Fsp3) is 0.600. The molecule has 8 heteroatoms. The summed E-state index contributed by atoms with van der Waals surface area (Å²) in [5.74, 6) is 0.201. The van der Waals surface area contributed by atoms with Crippen molar-refractivity contribution in [3.63, 3.8) is 0 Å². The number of carbonyl (C=O) groups is 2. The van der Waals surface area contributed by atoms with Gasteiger partial charge in [0.05, 0.1) is 38.2 Å². The fourth-order valence-corrected chi connectivity index (χ4v) is 3.84. The molecule has 1 fully saturated rings. The van der Waals surface area contributed by atoms with Crippen LogP contribution in [0.5, 0.6) is 0 Å². The van der Waals surface area contributed by atoms with E-state index in [0.29, 0.717) is 42.8 Å². The van der Waals surface area contributed by atoms with E-state index in [1.54, 1.807) is 6.07 Å². The number of carbonyl (C=O) groups excluding carboxylic acids is 2. The highest BCUT2D eigenvalue weighted by atomic mass is 35.5. The minimum absolute atomic E-state index is 0.0614. The highest BCUT2D eigenvalue weighted by Gasteiger charge is 2.27. The molecule has 1 aromatic carbocycles. The summed E-state index contributed by atoms with van der Waals surface area (Å²) in [6.45, 7) is 10.4. The predicted octanol–water partition coefficient (Wildman–Crippen LogP) is -0.350. The summed E-state index contributed by atoms with van der Waals surface area (Å²) in [5.41, 5.74) is 0.768. The van der Waals surface area contributed by atoms with Crippen molar-refractivity contribution in [1.82, 2.24) is 10.2 Å². The van der Waals surface area contributed by atoms with Gasteiger partial charge in [0, 0.05) is 16.1 Å². The molecule has 28 heavy (non-hydrogen) atoms. The number of piperazine rings is 1. The van der Waals surface area contributed by atoms with Crippen molar-refractivity contribution in [1.29, 1.82) is 0 Å². The topological polar surface area (TPSA) is 58.3 Å². The minimum Gasteiger partial charge on any atom is -0.347 e. The van der Waals surface area contributed by atoms with Gasteiger partial charge in [-0.2, -0.15) is 0 Å². The van der Waals surface area contributed by atoms with Crippen LogP contribution >= 0.6 is 23.2 Å². The Morgan fingerprint density at radius 2 is 1.86 bits per heavy atom. The summed E-state index contributed by atoms with van der Waals surface area (Å²) >= 11 is 12.2. The molecule has 1 aliphatic heterocycles. The molecule has 3 N–H and O–H groups in total. The van der Waals surface area contributed by atoms with Gasteiger partial charge in [0.1, 0.15) is 6.54 Å². The van der Waals surface area contributed by atoms with Gasteiger partial charge < -0.3 is 20.0 Å². The lowest BCUT2D eigenvalue weighted by Crippen LogP contribution is -3.16. The van der Waals surface area contributed by atoms with Crippen molar-refractivity contribution in [2.45, 2.75) is 32.9 Å². The predicted molar refractivity (Wildman–Crippen MR) is 112 cm³/mol. The molecule has 1 aliphatic rings. The Bertz CT molecular complexity index is 698. The first-order chi connectivity index (χ1) is 13.0. The first kappa shape index (κ1) is 22.9. The number of nitrogens with one attached hydrogen (secondary N) is 3. The second-order valence-corrected chi connectivity index (χ2v) is 9.50. The summed E-state index contributed by atoms with van der Waals surface area (Å²) in [6, 6.07) is 5.45. The van der Waals surface area contributed by atoms with Gasteiger partial charge in [0.2, 0.25) is 0 Å². The molecule has 1 aromatic rings. The number of benzene rings is 1. The van der Waals surface area contributed by atoms with Crippen molar-refractivity contribution >= 4 is 35.0 Å². The Labute approximate surface area is 177 Å². The van der Waals surface area contributed by atoms with Crippen molar-refractivity contribution in [3.8, 4) is 0 Å². The molecular formula is C20H32Cl2N4O2+2. The van der Waals surface area contributed by atoms with Crippen LogP contribution in [0.25, 0.3) is 0 Å². The smallest absolute Gasteiger partial charge is 0.278 e. The standard InChI is InChI=1S/C20H30Cl2N4O2/c1-20(2,3)23-18(27)13-25-7-9-26(10-8-25)19(28)14-24(4)12-15-5-6-16(21)11-17(15)22/h5-6,11H,7-10,12-14H2,1-4H3,(H,23,27)/p+2. The van der Waals surface area contributed by atoms with Crippen LogP contribution in [-0.2, 0) is 16.1 Å². The molecule has 0 aromatic heterocycles. The van der Waals surface area contributed by atoms with Crippen LogP contribution in [0.4, 0.5) is 0 Å². The molecule has 1 atom stereocenters. The fourth-order valence-electron chi connectivity index (χ4n) is 3.36. The lowest BCUT2D eigenvalue weighted by Gasteiger charge is -2.32. The maximum absolute atomic E-state index is 12.6. The zero-order chi connectivity index (χ0) is 20.9. The molecule has 1 unspecified atom stereocenters. The average Bonchev–Trinajstić information content (AvgIpc) is 2.56. The largest absolute Gasteiger partial charge is 0.347 e. The third-order valence-electron chi connectivity index (χ3n) is 4.71. The Morgan fingerprint density at radius 3 is 2.43 bits per heavy atom.